The van der Waals surface area contributed by atoms with Crippen molar-refractivity contribution in [1.82, 2.24) is 5.32 Å². The van der Waals surface area contributed by atoms with E-state index in [-0.39, 0.29) is 11.9 Å². The maximum Gasteiger partial charge on any atom is 0.220 e. The predicted molar refractivity (Wildman–Crippen MR) is 77.7 cm³/mol. The number of hydrogen-bond acceptors (Lipinski definition) is 3. The van der Waals surface area contributed by atoms with Gasteiger partial charge in [-0.25, -0.2) is 0 Å². The van der Waals surface area contributed by atoms with Crippen molar-refractivity contribution in [3.8, 4) is 5.75 Å². The summed E-state index contributed by atoms with van der Waals surface area (Å²) in [5, 5.41) is 13.0. The van der Waals surface area contributed by atoms with Crippen LogP contribution >= 0.6 is 0 Å². The molecule has 0 spiro atoms. The molecular weight excluding hydrogens is 254 g/mol. The van der Waals surface area contributed by atoms with Crippen molar-refractivity contribution in [3.63, 3.8) is 0 Å². The topological polar surface area (TPSA) is 58.6 Å². The van der Waals surface area contributed by atoms with Crippen LogP contribution in [0.1, 0.15) is 62.4 Å². The van der Waals surface area contributed by atoms with E-state index < -0.39 is 6.10 Å². The van der Waals surface area contributed by atoms with Crippen LogP contribution in [0.4, 0.5) is 0 Å². The molecule has 1 aromatic rings. The third-order valence-electron chi connectivity index (χ3n) is 3.75. The van der Waals surface area contributed by atoms with E-state index in [2.05, 4.69) is 18.3 Å². The Balaban J connectivity index is 2.43. The second kappa shape index (κ2) is 6.27. The minimum atomic E-state index is -0.573. The fourth-order valence-corrected chi connectivity index (χ4v) is 2.56. The maximum absolute atomic E-state index is 11.7. The van der Waals surface area contributed by atoms with Gasteiger partial charge in [-0.3, -0.25) is 4.79 Å². The Morgan fingerprint density at radius 3 is 2.85 bits per heavy atom. The Hall–Kier alpha value is -1.55. The van der Waals surface area contributed by atoms with E-state index in [4.69, 9.17) is 4.74 Å². The van der Waals surface area contributed by atoms with E-state index in [1.54, 1.807) is 6.92 Å². The first kappa shape index (κ1) is 14.9. The van der Waals surface area contributed by atoms with Crippen LogP contribution in [0, 0.1) is 0 Å². The van der Waals surface area contributed by atoms with Gasteiger partial charge < -0.3 is 15.2 Å². The van der Waals surface area contributed by atoms with E-state index in [0.717, 1.165) is 35.3 Å². The van der Waals surface area contributed by atoms with Crippen LogP contribution in [0.2, 0.25) is 0 Å². The molecule has 0 bridgehead atoms. The van der Waals surface area contributed by atoms with Crippen molar-refractivity contribution < 1.29 is 14.6 Å². The summed E-state index contributed by atoms with van der Waals surface area (Å²) in [4.78, 5) is 11.7. The molecule has 0 fully saturated rings. The molecule has 1 aliphatic heterocycles. The summed E-state index contributed by atoms with van der Waals surface area (Å²) < 4.78 is 5.75. The van der Waals surface area contributed by atoms with Crippen molar-refractivity contribution in [3.05, 3.63) is 28.8 Å². The monoisotopic (exact) mass is 277 g/mol. The summed E-state index contributed by atoms with van der Waals surface area (Å²) in [5.74, 6) is 0.785. The number of ether oxygens (including phenoxy) is 1. The van der Waals surface area contributed by atoms with Gasteiger partial charge in [0.25, 0.3) is 0 Å². The highest BCUT2D eigenvalue weighted by atomic mass is 16.5. The third kappa shape index (κ3) is 2.96. The molecule has 0 saturated carbocycles. The molecular formula is C16H23NO3. The first-order valence-corrected chi connectivity index (χ1v) is 7.33. The summed E-state index contributed by atoms with van der Waals surface area (Å²) in [5.41, 5.74) is 2.96. The molecule has 2 unspecified atom stereocenters. The molecule has 0 aromatic heterocycles. The molecule has 2 N–H and O–H groups in total. The molecule has 1 aliphatic rings. The average molecular weight is 277 g/mol. The molecule has 4 nitrogen and oxygen atoms in total. The largest absolute Gasteiger partial charge is 0.493 e. The lowest BCUT2D eigenvalue weighted by Gasteiger charge is -2.29. The molecule has 1 aromatic carbocycles. The number of hydrogen-bond donors (Lipinski definition) is 2. The minimum Gasteiger partial charge on any atom is -0.493 e. The first-order chi connectivity index (χ1) is 9.56. The van der Waals surface area contributed by atoms with E-state index in [1.807, 2.05) is 13.0 Å². The van der Waals surface area contributed by atoms with Crippen molar-refractivity contribution in [2.75, 3.05) is 6.61 Å². The van der Waals surface area contributed by atoms with Gasteiger partial charge in [-0.15, -0.1) is 0 Å². The molecule has 20 heavy (non-hydrogen) atoms. The molecule has 0 aliphatic carbocycles. The lowest BCUT2D eigenvalue weighted by Crippen LogP contribution is -2.32. The highest BCUT2D eigenvalue weighted by molar-refractivity contribution is 5.76. The van der Waals surface area contributed by atoms with Gasteiger partial charge in [-0.05, 0) is 25.0 Å². The number of nitrogens with one attached hydrogen (secondary N) is 1. The summed E-state index contributed by atoms with van der Waals surface area (Å²) in [7, 11) is 0. The number of fused-ring (bicyclic) bond motifs is 1. The van der Waals surface area contributed by atoms with E-state index in [0.29, 0.717) is 13.0 Å². The van der Waals surface area contributed by atoms with Gasteiger partial charge in [0.05, 0.1) is 18.8 Å². The standard InChI is InChI=1S/C16H23NO3/c1-4-11-8-12(10(3)18)16-13(9-11)14(6-7-20-16)17-15(19)5-2/h8-10,14,18H,4-7H2,1-3H3,(H,17,19). The minimum absolute atomic E-state index is 0.0183. The normalized spacial score (nSPS) is 18.9. The number of amides is 1. The SMILES string of the molecule is CCC(=O)NC1CCOc2c(C(C)O)cc(CC)cc21. The summed E-state index contributed by atoms with van der Waals surface area (Å²) in [6.45, 7) is 6.23. The number of aliphatic hydroxyl groups excluding tert-OH is 1. The molecule has 2 atom stereocenters. The fourth-order valence-electron chi connectivity index (χ4n) is 2.56. The summed E-state index contributed by atoms with van der Waals surface area (Å²) >= 11 is 0. The Morgan fingerprint density at radius 2 is 2.25 bits per heavy atom. The molecule has 4 heteroatoms. The fraction of sp³-hybridized carbons (Fsp3) is 0.562. The van der Waals surface area contributed by atoms with Gasteiger partial charge in [0.1, 0.15) is 5.75 Å². The zero-order valence-corrected chi connectivity index (χ0v) is 12.4. The Morgan fingerprint density at radius 1 is 1.50 bits per heavy atom. The van der Waals surface area contributed by atoms with Crippen molar-refractivity contribution in [2.24, 2.45) is 0 Å². The second-order valence-electron chi connectivity index (χ2n) is 5.24. The van der Waals surface area contributed by atoms with Gasteiger partial charge in [0, 0.05) is 24.0 Å². The van der Waals surface area contributed by atoms with Crippen molar-refractivity contribution in [1.29, 1.82) is 0 Å². The van der Waals surface area contributed by atoms with Gasteiger partial charge >= 0.3 is 0 Å². The highest BCUT2D eigenvalue weighted by Crippen LogP contribution is 2.38. The number of benzene rings is 1. The van der Waals surface area contributed by atoms with Crippen LogP contribution in [0.3, 0.4) is 0 Å². The van der Waals surface area contributed by atoms with Crippen molar-refractivity contribution in [2.45, 2.75) is 52.2 Å². The smallest absolute Gasteiger partial charge is 0.220 e. The van der Waals surface area contributed by atoms with E-state index >= 15 is 0 Å². The Labute approximate surface area is 120 Å². The third-order valence-corrected chi connectivity index (χ3v) is 3.75. The maximum atomic E-state index is 11.7. The predicted octanol–water partition coefficient (Wildman–Crippen LogP) is 2.65. The lowest BCUT2D eigenvalue weighted by atomic mass is 9.92. The van der Waals surface area contributed by atoms with Crippen LogP contribution in [-0.2, 0) is 11.2 Å². The van der Waals surface area contributed by atoms with Crippen LogP contribution in [0.5, 0.6) is 5.75 Å². The molecule has 2 rings (SSSR count). The van der Waals surface area contributed by atoms with E-state index in [1.165, 1.54) is 0 Å². The first-order valence-electron chi connectivity index (χ1n) is 7.33. The van der Waals surface area contributed by atoms with Crippen molar-refractivity contribution >= 4 is 5.91 Å². The van der Waals surface area contributed by atoms with Gasteiger partial charge in [-0.1, -0.05) is 19.9 Å². The molecule has 1 heterocycles. The van der Waals surface area contributed by atoms with E-state index in [9.17, 15) is 9.90 Å². The van der Waals surface area contributed by atoms with Gasteiger partial charge in [-0.2, -0.15) is 0 Å². The summed E-state index contributed by atoms with van der Waals surface area (Å²) in [6, 6.07) is 4.06. The number of carbonyl (C=O) groups is 1. The molecule has 0 radical (unpaired) electrons. The van der Waals surface area contributed by atoms with Gasteiger partial charge in [0.2, 0.25) is 5.91 Å². The van der Waals surface area contributed by atoms with Gasteiger partial charge in [0.15, 0.2) is 0 Å². The quantitative estimate of drug-likeness (QED) is 0.889. The zero-order valence-electron chi connectivity index (χ0n) is 12.4. The Bertz CT molecular complexity index is 497. The molecule has 1 amide bonds. The molecule has 110 valence electrons. The number of rotatable bonds is 4. The summed E-state index contributed by atoms with van der Waals surface area (Å²) in [6.07, 6.45) is 1.56. The molecule has 0 saturated heterocycles. The number of carbonyl (C=O) groups excluding carboxylic acids is 1. The Kier molecular flexibility index (Phi) is 4.65. The van der Waals surface area contributed by atoms with Crippen LogP contribution in [-0.4, -0.2) is 17.6 Å². The lowest BCUT2D eigenvalue weighted by molar-refractivity contribution is -0.121. The average Bonchev–Trinajstić information content (AvgIpc) is 2.46. The number of aryl methyl sites for hydroxylation is 1. The second-order valence-corrected chi connectivity index (χ2v) is 5.24. The highest BCUT2D eigenvalue weighted by Gasteiger charge is 2.26. The van der Waals surface area contributed by atoms with Crippen LogP contribution < -0.4 is 10.1 Å². The zero-order chi connectivity index (χ0) is 14.7. The van der Waals surface area contributed by atoms with Crippen LogP contribution in [0.25, 0.3) is 0 Å². The van der Waals surface area contributed by atoms with Crippen LogP contribution in [0.15, 0.2) is 12.1 Å². The number of aliphatic hydroxyl groups is 1.